The first kappa shape index (κ1) is 19.0. The van der Waals surface area contributed by atoms with Crippen molar-refractivity contribution in [2.75, 3.05) is 46.5 Å². The van der Waals surface area contributed by atoms with Crippen LogP contribution in [0.25, 0.3) is 0 Å². The van der Waals surface area contributed by atoms with Gasteiger partial charge in [-0.3, -0.25) is 9.79 Å². The number of sulfonamides is 1. The van der Waals surface area contributed by atoms with Crippen LogP contribution >= 0.6 is 0 Å². The molecule has 1 amide bonds. The molecule has 9 heteroatoms. The molecule has 1 atom stereocenters. The number of hydrogen-bond donors (Lipinski definition) is 2. The summed E-state index contributed by atoms with van der Waals surface area (Å²) in [5.74, 6) is 1.37. The van der Waals surface area contributed by atoms with Gasteiger partial charge >= 0.3 is 0 Å². The van der Waals surface area contributed by atoms with Crippen LogP contribution in [-0.2, 0) is 14.8 Å². The molecule has 0 bridgehead atoms. The normalized spacial score (nSPS) is 25.0. The third kappa shape index (κ3) is 5.34. The predicted molar refractivity (Wildman–Crippen MR) is 94.3 cm³/mol. The molecule has 2 aliphatic heterocycles. The monoisotopic (exact) mass is 359 g/mol. The van der Waals surface area contributed by atoms with E-state index in [0.717, 1.165) is 31.8 Å². The average molecular weight is 359 g/mol. The molecule has 0 aromatic heterocycles. The second-order valence-corrected chi connectivity index (χ2v) is 8.70. The molecule has 0 spiro atoms. The Bertz CT molecular complexity index is 570. The van der Waals surface area contributed by atoms with Crippen LogP contribution in [-0.4, -0.2) is 82.1 Å². The van der Waals surface area contributed by atoms with E-state index in [1.54, 1.807) is 16.3 Å². The molecule has 1 unspecified atom stereocenters. The van der Waals surface area contributed by atoms with E-state index in [4.69, 9.17) is 0 Å². The zero-order chi connectivity index (χ0) is 17.7. The Morgan fingerprint density at radius 2 is 1.96 bits per heavy atom. The Labute approximate surface area is 144 Å². The van der Waals surface area contributed by atoms with Crippen molar-refractivity contribution in [3.8, 4) is 0 Å². The summed E-state index contributed by atoms with van der Waals surface area (Å²) in [5.41, 5.74) is 0. The fraction of sp³-hybridized carbons (Fsp3) is 0.867. The Balaban J connectivity index is 1.74. The molecule has 2 aliphatic rings. The summed E-state index contributed by atoms with van der Waals surface area (Å²) < 4.78 is 24.6. The summed E-state index contributed by atoms with van der Waals surface area (Å²) in [7, 11) is 0.487. The summed E-state index contributed by atoms with van der Waals surface area (Å²) in [6, 6.07) is 0.214. The van der Waals surface area contributed by atoms with Crippen LogP contribution in [0, 0.1) is 5.92 Å². The van der Waals surface area contributed by atoms with Gasteiger partial charge in [0.1, 0.15) is 0 Å². The zero-order valence-electron chi connectivity index (χ0n) is 14.8. The minimum absolute atomic E-state index is 0.189. The van der Waals surface area contributed by atoms with Gasteiger partial charge < -0.3 is 15.5 Å². The van der Waals surface area contributed by atoms with Gasteiger partial charge in [-0.25, -0.2) is 12.7 Å². The number of guanidine groups is 1. The molecule has 0 aliphatic carbocycles. The second-order valence-electron chi connectivity index (χ2n) is 6.71. The number of carbonyl (C=O) groups is 1. The number of rotatable bonds is 4. The quantitative estimate of drug-likeness (QED) is 0.519. The molecule has 0 aromatic rings. The molecule has 2 fully saturated rings. The fourth-order valence-electron chi connectivity index (χ4n) is 3.20. The maximum absolute atomic E-state index is 11.5. The van der Waals surface area contributed by atoms with Crippen molar-refractivity contribution in [2.45, 2.75) is 31.7 Å². The standard InChI is InChI=1S/C15H29N5O3S/c1-16-15(18-13-4-5-14(21)19(2)11-13)17-10-12-6-8-20(9-7-12)24(3,22)23/h12-13H,4-11H2,1-3H3,(H2,16,17,18). The summed E-state index contributed by atoms with van der Waals surface area (Å²) >= 11 is 0. The van der Waals surface area contributed by atoms with Gasteiger partial charge in [-0.2, -0.15) is 0 Å². The van der Waals surface area contributed by atoms with E-state index in [2.05, 4.69) is 15.6 Å². The SMILES string of the molecule is CN=C(NCC1CCN(S(C)(=O)=O)CC1)NC1CCC(=O)N(C)C1. The van der Waals surface area contributed by atoms with Gasteiger partial charge in [-0.15, -0.1) is 0 Å². The van der Waals surface area contributed by atoms with Gasteiger partial charge in [0.2, 0.25) is 15.9 Å². The molecule has 0 saturated carbocycles. The number of likely N-dealkylation sites (N-methyl/N-ethyl adjacent to an activating group) is 1. The maximum atomic E-state index is 11.5. The van der Waals surface area contributed by atoms with E-state index in [9.17, 15) is 13.2 Å². The van der Waals surface area contributed by atoms with Crippen molar-refractivity contribution in [1.82, 2.24) is 19.8 Å². The highest BCUT2D eigenvalue weighted by atomic mass is 32.2. The van der Waals surface area contributed by atoms with E-state index < -0.39 is 10.0 Å². The lowest BCUT2D eigenvalue weighted by Gasteiger charge is -2.32. The Morgan fingerprint density at radius 1 is 1.29 bits per heavy atom. The van der Waals surface area contributed by atoms with Gasteiger partial charge in [-0.05, 0) is 25.2 Å². The summed E-state index contributed by atoms with van der Waals surface area (Å²) in [6.45, 7) is 2.64. The highest BCUT2D eigenvalue weighted by Gasteiger charge is 2.26. The van der Waals surface area contributed by atoms with E-state index in [1.165, 1.54) is 6.26 Å². The van der Waals surface area contributed by atoms with Crippen molar-refractivity contribution in [2.24, 2.45) is 10.9 Å². The van der Waals surface area contributed by atoms with Crippen LogP contribution in [0.2, 0.25) is 0 Å². The highest BCUT2D eigenvalue weighted by molar-refractivity contribution is 7.88. The lowest BCUT2D eigenvalue weighted by molar-refractivity contribution is -0.132. The van der Waals surface area contributed by atoms with Gasteiger partial charge in [0.25, 0.3) is 0 Å². The molecule has 2 N–H and O–H groups in total. The van der Waals surface area contributed by atoms with Crippen LogP contribution in [0.1, 0.15) is 25.7 Å². The van der Waals surface area contributed by atoms with Crippen LogP contribution in [0.5, 0.6) is 0 Å². The first-order valence-corrected chi connectivity index (χ1v) is 10.3. The van der Waals surface area contributed by atoms with Gasteiger partial charge in [0.15, 0.2) is 5.96 Å². The van der Waals surface area contributed by atoms with E-state index in [0.29, 0.717) is 32.0 Å². The Morgan fingerprint density at radius 3 is 2.50 bits per heavy atom. The smallest absolute Gasteiger partial charge is 0.222 e. The number of carbonyl (C=O) groups excluding carboxylic acids is 1. The van der Waals surface area contributed by atoms with Crippen LogP contribution in [0.3, 0.4) is 0 Å². The lowest BCUT2D eigenvalue weighted by Crippen LogP contribution is -2.52. The molecule has 8 nitrogen and oxygen atoms in total. The molecule has 0 radical (unpaired) electrons. The van der Waals surface area contributed by atoms with Gasteiger partial charge in [-0.1, -0.05) is 0 Å². The van der Waals surface area contributed by atoms with Crippen molar-refractivity contribution in [1.29, 1.82) is 0 Å². The molecule has 0 aromatic carbocycles. The van der Waals surface area contributed by atoms with Gasteiger partial charge in [0, 0.05) is 52.7 Å². The minimum Gasteiger partial charge on any atom is -0.356 e. The van der Waals surface area contributed by atoms with Crippen LogP contribution < -0.4 is 10.6 Å². The summed E-state index contributed by atoms with van der Waals surface area (Å²) in [4.78, 5) is 17.5. The Hall–Kier alpha value is -1.35. The number of likely N-dealkylation sites (tertiary alicyclic amines) is 1. The number of amides is 1. The van der Waals surface area contributed by atoms with Crippen molar-refractivity contribution in [3.63, 3.8) is 0 Å². The first-order chi connectivity index (χ1) is 11.3. The van der Waals surface area contributed by atoms with Crippen LogP contribution in [0.4, 0.5) is 0 Å². The highest BCUT2D eigenvalue weighted by Crippen LogP contribution is 2.18. The molecule has 24 heavy (non-hydrogen) atoms. The largest absolute Gasteiger partial charge is 0.356 e. The van der Waals surface area contributed by atoms with Gasteiger partial charge in [0.05, 0.1) is 6.26 Å². The number of aliphatic imine (C=N–C) groups is 1. The second kappa shape index (κ2) is 8.15. The molecular weight excluding hydrogens is 330 g/mol. The van der Waals surface area contributed by atoms with E-state index >= 15 is 0 Å². The van der Waals surface area contributed by atoms with Crippen molar-refractivity contribution < 1.29 is 13.2 Å². The predicted octanol–water partition coefficient (Wildman–Crippen LogP) is -0.556. The number of piperidine rings is 2. The zero-order valence-corrected chi connectivity index (χ0v) is 15.6. The molecule has 2 saturated heterocycles. The summed E-state index contributed by atoms with van der Waals surface area (Å²) in [5, 5.41) is 6.70. The molecule has 2 heterocycles. The number of hydrogen-bond acceptors (Lipinski definition) is 4. The number of nitrogens with one attached hydrogen (secondary N) is 2. The van der Waals surface area contributed by atoms with Crippen molar-refractivity contribution >= 4 is 21.9 Å². The van der Waals surface area contributed by atoms with Crippen LogP contribution in [0.15, 0.2) is 4.99 Å². The van der Waals surface area contributed by atoms with E-state index in [1.807, 2.05) is 7.05 Å². The minimum atomic E-state index is -3.07. The molecule has 138 valence electrons. The lowest BCUT2D eigenvalue weighted by atomic mass is 9.98. The first-order valence-electron chi connectivity index (χ1n) is 8.46. The Kier molecular flexibility index (Phi) is 6.45. The number of nitrogens with zero attached hydrogens (tertiary/aromatic N) is 3. The van der Waals surface area contributed by atoms with E-state index in [-0.39, 0.29) is 11.9 Å². The third-order valence-corrected chi connectivity index (χ3v) is 6.09. The van der Waals surface area contributed by atoms with Crippen molar-refractivity contribution in [3.05, 3.63) is 0 Å². The average Bonchev–Trinajstić information content (AvgIpc) is 2.54. The molecule has 2 rings (SSSR count). The third-order valence-electron chi connectivity index (χ3n) is 4.79. The molecular formula is C15H29N5O3S. The maximum Gasteiger partial charge on any atom is 0.222 e. The summed E-state index contributed by atoms with van der Waals surface area (Å²) in [6.07, 6.45) is 4.37. The topological polar surface area (TPSA) is 94.1 Å². The fourth-order valence-corrected chi connectivity index (χ4v) is 4.08.